The fourth-order valence-corrected chi connectivity index (χ4v) is 10.4. The quantitative estimate of drug-likeness (QED) is 0.103. The SMILES string of the molecule is CCC(C)C(N=C(N=C(C)c1ccccc1)c1ccccc1)c1cc2c(cc1-c1ccc3c(c1)-c1ccccc1C3(C)C)-c1ccccc1C2(c1ccccc1)c1ccccc1. The molecule has 0 amide bonds. The zero-order chi connectivity index (χ0) is 42.4. The lowest BCUT2D eigenvalue weighted by Crippen LogP contribution is -2.29. The molecule has 0 aromatic heterocycles. The predicted octanol–water partition coefficient (Wildman–Crippen LogP) is 15.1. The number of fused-ring (bicyclic) bond motifs is 6. The molecule has 302 valence electrons. The number of hydrogen-bond acceptors (Lipinski definition) is 1. The van der Waals surface area contributed by atoms with Crippen LogP contribution in [0.15, 0.2) is 210 Å². The zero-order valence-corrected chi connectivity index (χ0v) is 36.3. The highest BCUT2D eigenvalue weighted by molar-refractivity contribution is 6.11. The van der Waals surface area contributed by atoms with Crippen molar-refractivity contribution in [2.24, 2.45) is 15.9 Å². The van der Waals surface area contributed by atoms with Gasteiger partial charge >= 0.3 is 0 Å². The molecule has 0 N–H and O–H groups in total. The molecule has 0 aliphatic heterocycles. The van der Waals surface area contributed by atoms with Crippen LogP contribution in [-0.4, -0.2) is 11.5 Å². The van der Waals surface area contributed by atoms with E-state index in [1.54, 1.807) is 0 Å². The van der Waals surface area contributed by atoms with Gasteiger partial charge in [0.05, 0.1) is 11.5 Å². The fourth-order valence-electron chi connectivity index (χ4n) is 10.4. The normalized spacial score (nSPS) is 15.6. The first-order chi connectivity index (χ1) is 30.3. The average molecular weight is 801 g/mol. The van der Waals surface area contributed by atoms with Crippen LogP contribution in [0.2, 0.25) is 0 Å². The molecule has 2 nitrogen and oxygen atoms in total. The molecular formula is C60H52N2. The van der Waals surface area contributed by atoms with Crippen molar-refractivity contribution in [3.05, 3.63) is 250 Å². The first-order valence-electron chi connectivity index (χ1n) is 22.2. The lowest BCUT2D eigenvalue weighted by molar-refractivity contribution is 0.459. The van der Waals surface area contributed by atoms with Crippen molar-refractivity contribution < 1.29 is 0 Å². The maximum absolute atomic E-state index is 5.87. The number of benzene rings is 8. The number of hydrogen-bond donors (Lipinski definition) is 0. The summed E-state index contributed by atoms with van der Waals surface area (Å²) in [7, 11) is 0. The molecule has 0 radical (unpaired) electrons. The van der Waals surface area contributed by atoms with Gasteiger partial charge in [0.25, 0.3) is 0 Å². The van der Waals surface area contributed by atoms with Gasteiger partial charge in [0.2, 0.25) is 0 Å². The Balaban J connectivity index is 1.30. The highest BCUT2D eigenvalue weighted by atomic mass is 15.0. The summed E-state index contributed by atoms with van der Waals surface area (Å²) in [5.74, 6) is 0.937. The Labute approximate surface area is 367 Å². The second kappa shape index (κ2) is 15.9. The van der Waals surface area contributed by atoms with Crippen molar-refractivity contribution in [3.8, 4) is 33.4 Å². The largest absolute Gasteiger partial charge is 0.258 e. The van der Waals surface area contributed by atoms with Crippen molar-refractivity contribution >= 4 is 11.5 Å². The summed E-state index contributed by atoms with van der Waals surface area (Å²) in [5, 5.41) is 0. The Morgan fingerprint density at radius 2 is 0.984 bits per heavy atom. The minimum absolute atomic E-state index is 0.0854. The molecule has 0 saturated carbocycles. The Morgan fingerprint density at radius 3 is 1.60 bits per heavy atom. The van der Waals surface area contributed by atoms with Crippen molar-refractivity contribution in [2.45, 2.75) is 57.9 Å². The summed E-state index contributed by atoms with van der Waals surface area (Å²) in [6.07, 6.45) is 0.947. The van der Waals surface area contributed by atoms with Gasteiger partial charge in [-0.3, -0.25) is 4.99 Å². The first kappa shape index (κ1) is 39.2. The second-order valence-electron chi connectivity index (χ2n) is 17.7. The number of aliphatic imine (C=N–C) groups is 2. The van der Waals surface area contributed by atoms with E-state index in [4.69, 9.17) is 9.98 Å². The molecule has 8 aromatic rings. The van der Waals surface area contributed by atoms with E-state index < -0.39 is 5.41 Å². The molecule has 0 spiro atoms. The summed E-state index contributed by atoms with van der Waals surface area (Å²) < 4.78 is 0. The third-order valence-electron chi connectivity index (χ3n) is 13.8. The van der Waals surface area contributed by atoms with Gasteiger partial charge in [-0.1, -0.05) is 222 Å². The second-order valence-corrected chi connectivity index (χ2v) is 17.7. The Bertz CT molecular complexity index is 2940. The summed E-state index contributed by atoms with van der Waals surface area (Å²) in [4.78, 5) is 11.3. The van der Waals surface area contributed by atoms with Crippen LogP contribution >= 0.6 is 0 Å². The maximum Gasteiger partial charge on any atom is 0.155 e. The average Bonchev–Trinajstić information content (AvgIpc) is 3.75. The van der Waals surface area contributed by atoms with Gasteiger partial charge in [0.1, 0.15) is 0 Å². The highest BCUT2D eigenvalue weighted by Gasteiger charge is 2.47. The third-order valence-corrected chi connectivity index (χ3v) is 13.8. The van der Waals surface area contributed by atoms with Crippen LogP contribution in [-0.2, 0) is 10.8 Å². The molecule has 8 aromatic carbocycles. The van der Waals surface area contributed by atoms with E-state index in [-0.39, 0.29) is 17.4 Å². The standard InChI is InChI=1S/C60H52N2/c1-6-40(2)57(62-58(43-25-13-8-14-26-43)61-41(3)42-23-11-7-12-24-42)52-39-56-51(38-49(52)44-35-36-54-50(37-44)47-31-19-21-33-53(47)59(54,4)5)48-32-20-22-34-55(48)60(56,45-27-15-9-16-28-45)46-29-17-10-18-30-46/h7-40,57H,6H2,1-5H3. The summed E-state index contributed by atoms with van der Waals surface area (Å²) in [6.45, 7) is 11.5. The number of nitrogens with zero attached hydrogens (tertiary/aromatic N) is 2. The van der Waals surface area contributed by atoms with E-state index in [0.29, 0.717) is 0 Å². The van der Waals surface area contributed by atoms with Gasteiger partial charge in [0, 0.05) is 16.7 Å². The van der Waals surface area contributed by atoms with Crippen LogP contribution in [0.25, 0.3) is 33.4 Å². The molecule has 2 unspecified atom stereocenters. The Hall–Kier alpha value is -6.90. The van der Waals surface area contributed by atoms with Crippen LogP contribution in [0.3, 0.4) is 0 Å². The molecule has 2 aliphatic rings. The van der Waals surface area contributed by atoms with Gasteiger partial charge in [-0.15, -0.1) is 0 Å². The van der Waals surface area contributed by atoms with Gasteiger partial charge in [0.15, 0.2) is 5.84 Å². The molecule has 2 aliphatic carbocycles. The monoisotopic (exact) mass is 800 g/mol. The van der Waals surface area contributed by atoms with Crippen LogP contribution in [0.4, 0.5) is 0 Å². The smallest absolute Gasteiger partial charge is 0.155 e. The topological polar surface area (TPSA) is 24.7 Å². The van der Waals surface area contributed by atoms with Crippen molar-refractivity contribution in [1.82, 2.24) is 0 Å². The highest BCUT2D eigenvalue weighted by Crippen LogP contribution is 2.58. The van der Waals surface area contributed by atoms with Crippen LogP contribution in [0.1, 0.15) is 97.2 Å². The van der Waals surface area contributed by atoms with E-state index >= 15 is 0 Å². The van der Waals surface area contributed by atoms with Crippen LogP contribution in [0, 0.1) is 5.92 Å². The molecule has 0 fully saturated rings. The molecule has 0 heterocycles. The molecule has 0 bridgehead atoms. The van der Waals surface area contributed by atoms with E-state index in [2.05, 4.69) is 235 Å². The maximum atomic E-state index is 5.87. The van der Waals surface area contributed by atoms with Crippen molar-refractivity contribution in [1.29, 1.82) is 0 Å². The molecule has 2 heteroatoms. The van der Waals surface area contributed by atoms with Gasteiger partial charge < -0.3 is 0 Å². The fraction of sp³-hybridized carbons (Fsp3) is 0.167. The lowest BCUT2D eigenvalue weighted by Gasteiger charge is -2.35. The third kappa shape index (κ3) is 6.40. The van der Waals surface area contributed by atoms with Crippen LogP contribution < -0.4 is 0 Å². The van der Waals surface area contributed by atoms with Crippen molar-refractivity contribution in [2.75, 3.05) is 0 Å². The van der Waals surface area contributed by atoms with Gasteiger partial charge in [-0.25, -0.2) is 4.99 Å². The Kier molecular flexibility index (Phi) is 10.0. The van der Waals surface area contributed by atoms with Crippen molar-refractivity contribution in [3.63, 3.8) is 0 Å². The van der Waals surface area contributed by atoms with Gasteiger partial charge in [-0.05, 0) is 103 Å². The summed E-state index contributed by atoms with van der Waals surface area (Å²) in [5.41, 5.74) is 19.1. The number of amidine groups is 1. The predicted molar refractivity (Wildman–Crippen MR) is 261 cm³/mol. The van der Waals surface area contributed by atoms with E-state index in [1.165, 1.54) is 72.3 Å². The van der Waals surface area contributed by atoms with E-state index in [0.717, 1.165) is 29.1 Å². The summed E-state index contributed by atoms with van der Waals surface area (Å²) in [6, 6.07) is 73.3. The lowest BCUT2D eigenvalue weighted by atomic mass is 9.67. The first-order valence-corrected chi connectivity index (χ1v) is 22.2. The Morgan fingerprint density at radius 1 is 0.484 bits per heavy atom. The minimum atomic E-state index is -0.545. The molecular weight excluding hydrogens is 749 g/mol. The minimum Gasteiger partial charge on any atom is -0.258 e. The van der Waals surface area contributed by atoms with E-state index in [9.17, 15) is 0 Å². The molecule has 0 saturated heterocycles. The number of rotatable bonds is 9. The van der Waals surface area contributed by atoms with Crippen LogP contribution in [0.5, 0.6) is 0 Å². The zero-order valence-electron chi connectivity index (χ0n) is 36.3. The molecule has 2 atom stereocenters. The summed E-state index contributed by atoms with van der Waals surface area (Å²) >= 11 is 0. The van der Waals surface area contributed by atoms with E-state index in [1.807, 2.05) is 0 Å². The molecule has 10 rings (SSSR count). The van der Waals surface area contributed by atoms with Gasteiger partial charge in [-0.2, -0.15) is 0 Å². The molecule has 62 heavy (non-hydrogen) atoms.